The predicted molar refractivity (Wildman–Crippen MR) is 65.7 cm³/mol. The van der Waals surface area contributed by atoms with Crippen LogP contribution in [0, 0.1) is 0 Å². The van der Waals surface area contributed by atoms with E-state index in [1.54, 1.807) is 0 Å². The Labute approximate surface area is 84.8 Å². The molecule has 76 valence electrons. The van der Waals surface area contributed by atoms with Crippen LogP contribution >= 0.6 is 0 Å². The quantitative estimate of drug-likeness (QED) is 0.613. The van der Waals surface area contributed by atoms with Crippen LogP contribution in [0.15, 0.2) is 24.6 Å². The van der Waals surface area contributed by atoms with E-state index in [2.05, 4.69) is 40.1 Å². The number of rotatable bonds is 6. The molecule has 0 aliphatic heterocycles. The first kappa shape index (κ1) is 12.9. The molecule has 3 heteroatoms. The molecule has 13 heavy (non-hydrogen) atoms. The molecule has 2 unspecified atom stereocenters. The molecule has 0 rings (SSSR count). The van der Waals surface area contributed by atoms with E-state index in [-0.39, 0.29) is 0 Å². The van der Waals surface area contributed by atoms with E-state index in [0.29, 0.717) is 0 Å². The zero-order valence-electron chi connectivity index (χ0n) is 9.39. The first-order valence-electron chi connectivity index (χ1n) is 4.92. The summed E-state index contributed by atoms with van der Waals surface area (Å²) in [7, 11) is -3.24. The van der Waals surface area contributed by atoms with Crippen molar-refractivity contribution in [3.8, 4) is 0 Å². The maximum atomic E-state index is 6.26. The highest BCUT2D eigenvalue weighted by molar-refractivity contribution is 6.90. The lowest BCUT2D eigenvalue weighted by atomic mass is 11.0. The maximum absolute atomic E-state index is 6.26. The second kappa shape index (κ2) is 4.93. The standard InChI is InChI=1S/C10H22OSi2/c1-7-12(5,8-2)11-13(6,9-3)10-4/h7,9H,1,3,8,10H2,2,4-6H3. The van der Waals surface area contributed by atoms with E-state index < -0.39 is 16.6 Å². The van der Waals surface area contributed by atoms with Crippen LogP contribution in [0.2, 0.25) is 25.2 Å². The van der Waals surface area contributed by atoms with Crippen molar-refractivity contribution in [2.24, 2.45) is 0 Å². The fourth-order valence-corrected chi connectivity index (χ4v) is 7.71. The lowest BCUT2D eigenvalue weighted by molar-refractivity contribution is 0.554. The highest BCUT2D eigenvalue weighted by atomic mass is 28.4. The molecule has 0 aromatic heterocycles. The van der Waals surface area contributed by atoms with Crippen LogP contribution < -0.4 is 0 Å². The highest BCUT2D eigenvalue weighted by Crippen LogP contribution is 2.22. The van der Waals surface area contributed by atoms with Crippen LogP contribution in [-0.2, 0) is 4.12 Å². The fourth-order valence-electron chi connectivity index (χ4n) is 1.05. The van der Waals surface area contributed by atoms with Crippen LogP contribution in [0.1, 0.15) is 13.8 Å². The first-order chi connectivity index (χ1) is 5.95. The summed E-state index contributed by atoms with van der Waals surface area (Å²) in [6, 6.07) is 2.21. The van der Waals surface area contributed by atoms with Gasteiger partial charge in [-0.1, -0.05) is 25.2 Å². The highest BCUT2D eigenvalue weighted by Gasteiger charge is 2.33. The fraction of sp³-hybridized carbons (Fsp3) is 0.600. The summed E-state index contributed by atoms with van der Waals surface area (Å²) in [5, 5.41) is 0. The molecule has 0 radical (unpaired) electrons. The van der Waals surface area contributed by atoms with Gasteiger partial charge in [0.2, 0.25) is 16.6 Å². The molecule has 0 amide bonds. The van der Waals surface area contributed by atoms with Gasteiger partial charge < -0.3 is 4.12 Å². The molecule has 0 aliphatic rings. The monoisotopic (exact) mass is 214 g/mol. The van der Waals surface area contributed by atoms with Gasteiger partial charge in [-0.25, -0.2) is 0 Å². The molecule has 0 fully saturated rings. The minimum atomic E-state index is -1.62. The normalized spacial score (nSPS) is 20.0. The summed E-state index contributed by atoms with van der Waals surface area (Å²) in [5.41, 5.74) is 4.08. The van der Waals surface area contributed by atoms with Crippen molar-refractivity contribution in [3.05, 3.63) is 24.6 Å². The third-order valence-electron chi connectivity index (χ3n) is 2.73. The smallest absolute Gasteiger partial charge is 0.201 e. The van der Waals surface area contributed by atoms with E-state index >= 15 is 0 Å². The van der Waals surface area contributed by atoms with Crippen molar-refractivity contribution in [3.63, 3.8) is 0 Å². The molecular formula is C10H22OSi2. The van der Waals surface area contributed by atoms with Gasteiger partial charge >= 0.3 is 0 Å². The Kier molecular flexibility index (Phi) is 4.88. The van der Waals surface area contributed by atoms with Crippen molar-refractivity contribution < 1.29 is 4.12 Å². The van der Waals surface area contributed by atoms with Crippen molar-refractivity contribution in [1.29, 1.82) is 0 Å². The van der Waals surface area contributed by atoms with Gasteiger partial charge in [-0.2, -0.15) is 0 Å². The van der Waals surface area contributed by atoms with Gasteiger partial charge in [0, 0.05) is 0 Å². The predicted octanol–water partition coefficient (Wildman–Crippen LogP) is 3.64. The van der Waals surface area contributed by atoms with Crippen molar-refractivity contribution in [1.82, 2.24) is 0 Å². The van der Waals surface area contributed by atoms with Crippen LogP contribution in [-0.4, -0.2) is 16.6 Å². The molecule has 0 saturated carbocycles. The van der Waals surface area contributed by atoms with Crippen molar-refractivity contribution >= 4 is 16.6 Å². The van der Waals surface area contributed by atoms with Gasteiger partial charge in [-0.3, -0.25) is 0 Å². The third kappa shape index (κ3) is 3.62. The molecule has 0 heterocycles. The first-order valence-corrected chi connectivity index (χ1v) is 10.3. The Bertz CT molecular complexity index is 173. The Hall–Kier alpha value is -0.126. The lowest BCUT2D eigenvalue weighted by Gasteiger charge is -2.33. The average molecular weight is 214 g/mol. The van der Waals surface area contributed by atoms with Gasteiger partial charge in [0.15, 0.2) is 0 Å². The Morgan fingerprint density at radius 2 is 1.31 bits per heavy atom. The molecule has 0 aromatic carbocycles. The summed E-state index contributed by atoms with van der Waals surface area (Å²) in [4.78, 5) is 0. The molecule has 0 aromatic rings. The molecule has 2 atom stereocenters. The second-order valence-electron chi connectivity index (χ2n) is 3.84. The van der Waals surface area contributed by atoms with Gasteiger partial charge in [-0.15, -0.1) is 13.2 Å². The van der Waals surface area contributed by atoms with E-state index in [0.717, 1.165) is 12.1 Å². The summed E-state index contributed by atoms with van der Waals surface area (Å²) < 4.78 is 6.26. The number of hydrogen-bond acceptors (Lipinski definition) is 1. The topological polar surface area (TPSA) is 9.23 Å². The lowest BCUT2D eigenvalue weighted by Crippen LogP contribution is -2.45. The van der Waals surface area contributed by atoms with E-state index in [4.69, 9.17) is 4.12 Å². The maximum Gasteiger partial charge on any atom is 0.201 e. The van der Waals surface area contributed by atoms with Crippen LogP contribution in [0.25, 0.3) is 0 Å². The third-order valence-corrected chi connectivity index (χ3v) is 11.0. The van der Waals surface area contributed by atoms with Gasteiger partial charge in [0.1, 0.15) is 0 Å². The Morgan fingerprint density at radius 1 is 1.00 bits per heavy atom. The van der Waals surface area contributed by atoms with Crippen LogP contribution in [0.5, 0.6) is 0 Å². The zero-order valence-corrected chi connectivity index (χ0v) is 11.4. The second-order valence-corrected chi connectivity index (χ2v) is 12.1. The molecule has 1 nitrogen and oxygen atoms in total. The summed E-state index contributed by atoms with van der Waals surface area (Å²) >= 11 is 0. The van der Waals surface area contributed by atoms with E-state index in [1.807, 2.05) is 11.4 Å². The summed E-state index contributed by atoms with van der Waals surface area (Å²) in [5.74, 6) is 0. The summed E-state index contributed by atoms with van der Waals surface area (Å²) in [6.45, 7) is 16.6. The van der Waals surface area contributed by atoms with Crippen molar-refractivity contribution in [2.75, 3.05) is 0 Å². The van der Waals surface area contributed by atoms with Gasteiger partial charge in [0.05, 0.1) is 0 Å². The molecule has 0 N–H and O–H groups in total. The van der Waals surface area contributed by atoms with E-state index in [1.165, 1.54) is 0 Å². The average Bonchev–Trinajstić information content (AvgIpc) is 2.17. The molecule has 0 bridgehead atoms. The van der Waals surface area contributed by atoms with E-state index in [9.17, 15) is 0 Å². The zero-order chi connectivity index (χ0) is 10.5. The summed E-state index contributed by atoms with van der Waals surface area (Å²) in [6.07, 6.45) is 0. The molecule has 0 spiro atoms. The Morgan fingerprint density at radius 3 is 1.46 bits per heavy atom. The van der Waals surface area contributed by atoms with Crippen LogP contribution in [0.3, 0.4) is 0 Å². The van der Waals surface area contributed by atoms with Crippen molar-refractivity contribution in [2.45, 2.75) is 39.0 Å². The molecule has 0 saturated heterocycles. The Balaban J connectivity index is 4.54. The number of hydrogen-bond donors (Lipinski definition) is 0. The minimum absolute atomic E-state index is 1.10. The van der Waals surface area contributed by atoms with Crippen LogP contribution in [0.4, 0.5) is 0 Å². The van der Waals surface area contributed by atoms with Gasteiger partial charge in [-0.05, 0) is 25.2 Å². The SMILES string of the molecule is C=C[Si](C)(CC)O[Si](C)(C=C)CC. The molecular weight excluding hydrogens is 192 g/mol. The molecule has 0 aliphatic carbocycles. The largest absolute Gasteiger partial charge is 0.449 e. The minimum Gasteiger partial charge on any atom is -0.449 e. The van der Waals surface area contributed by atoms with Gasteiger partial charge in [0.25, 0.3) is 0 Å².